The van der Waals surface area contributed by atoms with Crippen LogP contribution in [0.4, 0.5) is 0 Å². The van der Waals surface area contributed by atoms with Crippen LogP contribution >= 0.6 is 0 Å². The second kappa shape index (κ2) is 6.52. The summed E-state index contributed by atoms with van der Waals surface area (Å²) >= 11 is 0. The van der Waals surface area contributed by atoms with Gasteiger partial charge in [-0.15, -0.1) is 0 Å². The molecule has 0 unspecified atom stereocenters. The van der Waals surface area contributed by atoms with Gasteiger partial charge in [-0.05, 0) is 42.9 Å². The van der Waals surface area contributed by atoms with E-state index in [1.54, 1.807) is 7.11 Å². The molecule has 3 atom stereocenters. The summed E-state index contributed by atoms with van der Waals surface area (Å²) in [7, 11) is 1.64. The molecule has 0 spiro atoms. The minimum atomic E-state index is -0.575. The molecule has 1 aromatic rings. The van der Waals surface area contributed by atoms with Crippen LogP contribution in [0.25, 0.3) is 0 Å². The second-order valence-electron chi connectivity index (χ2n) is 7.04. The molecule has 1 aliphatic heterocycles. The van der Waals surface area contributed by atoms with Crippen molar-refractivity contribution in [2.75, 3.05) is 20.2 Å². The molecule has 1 N–H and O–H groups in total. The third kappa shape index (κ3) is 3.23. The number of carbonyl (C=O) groups is 1. The average molecular weight is 317 g/mol. The Morgan fingerprint density at radius 1 is 1.43 bits per heavy atom. The Hall–Kier alpha value is -1.55. The molecule has 1 aliphatic carbocycles. The Labute approximate surface area is 138 Å². The molecule has 23 heavy (non-hydrogen) atoms. The van der Waals surface area contributed by atoms with Gasteiger partial charge in [0.15, 0.2) is 0 Å². The summed E-state index contributed by atoms with van der Waals surface area (Å²) in [5.74, 6) is 1.65. The highest BCUT2D eigenvalue weighted by atomic mass is 16.5. The van der Waals surface area contributed by atoms with Gasteiger partial charge in [0.05, 0.1) is 19.1 Å². The highest BCUT2D eigenvalue weighted by molar-refractivity contribution is 5.79. The zero-order valence-corrected chi connectivity index (χ0v) is 14.1. The van der Waals surface area contributed by atoms with Gasteiger partial charge >= 0.3 is 0 Å². The molecule has 1 saturated heterocycles. The fourth-order valence-electron chi connectivity index (χ4n) is 4.34. The van der Waals surface area contributed by atoms with E-state index in [4.69, 9.17) is 4.74 Å². The SMILES string of the molecule is CC[C@@]1(O)CCC[C@@H]2CN(C(=O)Cc3cccc(OC)c3)C[C@@H]21. The number of likely N-dealkylation sites (tertiary alicyclic amines) is 1. The third-order valence-electron chi connectivity index (χ3n) is 5.77. The zero-order chi connectivity index (χ0) is 16.4. The normalized spacial score (nSPS) is 30.1. The number of hydrogen-bond acceptors (Lipinski definition) is 3. The first-order valence-corrected chi connectivity index (χ1v) is 8.69. The van der Waals surface area contributed by atoms with Crippen molar-refractivity contribution in [3.05, 3.63) is 29.8 Å². The van der Waals surface area contributed by atoms with E-state index in [1.165, 1.54) is 0 Å². The van der Waals surface area contributed by atoms with Crippen molar-refractivity contribution >= 4 is 5.91 Å². The molecule has 1 aromatic carbocycles. The van der Waals surface area contributed by atoms with Gasteiger partial charge in [-0.2, -0.15) is 0 Å². The van der Waals surface area contributed by atoms with Crippen LogP contribution in [0.15, 0.2) is 24.3 Å². The highest BCUT2D eigenvalue weighted by Crippen LogP contribution is 2.44. The number of amides is 1. The van der Waals surface area contributed by atoms with Crippen LogP contribution in [0.5, 0.6) is 5.75 Å². The van der Waals surface area contributed by atoms with Crippen LogP contribution in [-0.2, 0) is 11.2 Å². The van der Waals surface area contributed by atoms with Gasteiger partial charge in [-0.25, -0.2) is 0 Å². The Morgan fingerprint density at radius 3 is 3.00 bits per heavy atom. The summed E-state index contributed by atoms with van der Waals surface area (Å²) in [6, 6.07) is 7.69. The fraction of sp³-hybridized carbons (Fsp3) is 0.632. The smallest absolute Gasteiger partial charge is 0.227 e. The molecule has 3 rings (SSSR count). The summed E-state index contributed by atoms with van der Waals surface area (Å²) in [4.78, 5) is 14.6. The van der Waals surface area contributed by atoms with Crippen LogP contribution in [-0.4, -0.2) is 41.7 Å². The van der Waals surface area contributed by atoms with Crippen molar-refractivity contribution in [3.63, 3.8) is 0 Å². The van der Waals surface area contributed by atoms with Crippen molar-refractivity contribution in [3.8, 4) is 5.75 Å². The molecule has 1 heterocycles. The first-order chi connectivity index (χ1) is 11.1. The number of carbonyl (C=O) groups excluding carboxylic acids is 1. The Morgan fingerprint density at radius 2 is 2.26 bits per heavy atom. The molecule has 126 valence electrons. The largest absolute Gasteiger partial charge is 0.497 e. The summed E-state index contributed by atoms with van der Waals surface area (Å²) in [6.07, 6.45) is 4.27. The average Bonchev–Trinajstić information content (AvgIpc) is 3.01. The van der Waals surface area contributed by atoms with Gasteiger partial charge in [-0.1, -0.05) is 25.5 Å². The maximum atomic E-state index is 12.7. The maximum absolute atomic E-state index is 12.7. The lowest BCUT2D eigenvalue weighted by molar-refractivity contribution is -0.130. The number of fused-ring (bicyclic) bond motifs is 1. The first kappa shape index (κ1) is 16.3. The van der Waals surface area contributed by atoms with Crippen LogP contribution in [0, 0.1) is 11.8 Å². The monoisotopic (exact) mass is 317 g/mol. The quantitative estimate of drug-likeness (QED) is 0.929. The lowest BCUT2D eigenvalue weighted by Gasteiger charge is -2.40. The lowest BCUT2D eigenvalue weighted by Crippen LogP contribution is -2.44. The Kier molecular flexibility index (Phi) is 4.62. The van der Waals surface area contributed by atoms with E-state index in [-0.39, 0.29) is 11.8 Å². The van der Waals surface area contributed by atoms with E-state index in [0.29, 0.717) is 18.9 Å². The summed E-state index contributed by atoms with van der Waals surface area (Å²) in [6.45, 7) is 3.57. The molecule has 4 heteroatoms. The van der Waals surface area contributed by atoms with E-state index in [9.17, 15) is 9.90 Å². The van der Waals surface area contributed by atoms with E-state index < -0.39 is 5.60 Å². The minimum absolute atomic E-state index is 0.158. The van der Waals surface area contributed by atoms with Crippen molar-refractivity contribution in [2.24, 2.45) is 11.8 Å². The zero-order valence-electron chi connectivity index (χ0n) is 14.1. The molecule has 4 nitrogen and oxygen atoms in total. The second-order valence-corrected chi connectivity index (χ2v) is 7.04. The van der Waals surface area contributed by atoms with Gasteiger partial charge in [0.25, 0.3) is 0 Å². The van der Waals surface area contributed by atoms with Gasteiger partial charge in [0.2, 0.25) is 5.91 Å². The topological polar surface area (TPSA) is 49.8 Å². The van der Waals surface area contributed by atoms with Gasteiger partial charge in [0.1, 0.15) is 5.75 Å². The minimum Gasteiger partial charge on any atom is -0.497 e. The van der Waals surface area contributed by atoms with Crippen molar-refractivity contribution in [1.29, 1.82) is 0 Å². The van der Waals surface area contributed by atoms with Crippen LogP contribution < -0.4 is 4.74 Å². The van der Waals surface area contributed by atoms with Crippen molar-refractivity contribution in [1.82, 2.24) is 4.90 Å². The predicted octanol–water partition coefficient (Wildman–Crippen LogP) is 2.64. The van der Waals surface area contributed by atoms with Gasteiger partial charge in [0, 0.05) is 19.0 Å². The molecule has 2 fully saturated rings. The third-order valence-corrected chi connectivity index (χ3v) is 5.77. The fourth-order valence-corrected chi connectivity index (χ4v) is 4.34. The molecule has 1 amide bonds. The summed E-state index contributed by atoms with van der Waals surface area (Å²) in [5.41, 5.74) is 0.406. The lowest BCUT2D eigenvalue weighted by atomic mass is 9.69. The van der Waals surface area contributed by atoms with Crippen LogP contribution in [0.1, 0.15) is 38.2 Å². The molecular formula is C19H27NO3. The van der Waals surface area contributed by atoms with E-state index in [2.05, 4.69) is 6.92 Å². The van der Waals surface area contributed by atoms with Crippen LogP contribution in [0.3, 0.4) is 0 Å². The number of ether oxygens (including phenoxy) is 1. The molecule has 0 bridgehead atoms. The summed E-state index contributed by atoms with van der Waals surface area (Å²) in [5, 5.41) is 10.9. The number of methoxy groups -OCH3 is 1. The first-order valence-electron chi connectivity index (χ1n) is 8.69. The number of aliphatic hydroxyl groups is 1. The molecule has 1 saturated carbocycles. The van der Waals surface area contributed by atoms with Crippen molar-refractivity contribution < 1.29 is 14.6 Å². The van der Waals surface area contributed by atoms with E-state index >= 15 is 0 Å². The summed E-state index contributed by atoms with van der Waals surface area (Å²) < 4.78 is 5.22. The standard InChI is InChI=1S/C19H27NO3/c1-3-19(22)9-5-7-15-12-20(13-17(15)19)18(21)11-14-6-4-8-16(10-14)23-2/h4,6,8,10,15,17,22H,3,5,7,9,11-13H2,1-2H3/t15-,17+,19-/m1/s1. The molecular weight excluding hydrogens is 290 g/mol. The van der Waals surface area contributed by atoms with Gasteiger partial charge in [-0.3, -0.25) is 4.79 Å². The number of benzene rings is 1. The van der Waals surface area contributed by atoms with Gasteiger partial charge < -0.3 is 14.7 Å². The van der Waals surface area contributed by atoms with Crippen LogP contribution in [0.2, 0.25) is 0 Å². The van der Waals surface area contributed by atoms with E-state index in [0.717, 1.165) is 43.5 Å². The predicted molar refractivity (Wildman–Crippen MR) is 89.3 cm³/mol. The van der Waals surface area contributed by atoms with Crippen molar-refractivity contribution in [2.45, 2.75) is 44.6 Å². The highest BCUT2D eigenvalue weighted by Gasteiger charge is 2.48. The van der Waals surface area contributed by atoms with E-state index in [1.807, 2.05) is 29.2 Å². The Balaban J connectivity index is 1.67. The number of rotatable bonds is 4. The maximum Gasteiger partial charge on any atom is 0.227 e. The Bertz CT molecular complexity index is 573. The number of nitrogens with zero attached hydrogens (tertiary/aromatic N) is 1. The molecule has 0 aromatic heterocycles. The number of hydrogen-bond donors (Lipinski definition) is 1. The molecule has 0 radical (unpaired) electrons. The molecule has 2 aliphatic rings.